The zero-order chi connectivity index (χ0) is 10.8. The topological polar surface area (TPSA) is 37.8 Å². The third kappa shape index (κ3) is 2.46. The third-order valence-corrected chi connectivity index (χ3v) is 3.24. The Labute approximate surface area is 91.3 Å². The predicted molar refractivity (Wildman–Crippen MR) is 61.9 cm³/mol. The minimum atomic E-state index is 0.594. The summed E-state index contributed by atoms with van der Waals surface area (Å²) >= 11 is 0. The van der Waals surface area contributed by atoms with Crippen LogP contribution in [0.5, 0.6) is 0 Å². The molecule has 0 radical (unpaired) electrons. The van der Waals surface area contributed by atoms with E-state index < -0.39 is 0 Å². The second-order valence-electron chi connectivity index (χ2n) is 4.69. The van der Waals surface area contributed by atoms with Crippen molar-refractivity contribution in [2.75, 3.05) is 5.32 Å². The zero-order valence-corrected chi connectivity index (χ0v) is 9.75. The molecule has 1 aliphatic rings. The van der Waals surface area contributed by atoms with E-state index in [0.29, 0.717) is 6.04 Å². The first-order valence-electron chi connectivity index (χ1n) is 5.72. The van der Waals surface area contributed by atoms with Gasteiger partial charge in [-0.1, -0.05) is 6.92 Å². The molecular weight excluding hydrogens is 186 g/mol. The van der Waals surface area contributed by atoms with Gasteiger partial charge in [0.25, 0.3) is 0 Å². The fourth-order valence-corrected chi connectivity index (χ4v) is 2.16. The summed E-state index contributed by atoms with van der Waals surface area (Å²) in [5.74, 6) is 1.78. The monoisotopic (exact) mass is 205 g/mol. The van der Waals surface area contributed by atoms with Crippen LogP contribution >= 0.6 is 0 Å². The van der Waals surface area contributed by atoms with Gasteiger partial charge < -0.3 is 5.32 Å². The molecular formula is C12H19N3. The van der Waals surface area contributed by atoms with Gasteiger partial charge in [0.15, 0.2) is 0 Å². The van der Waals surface area contributed by atoms with Crippen molar-refractivity contribution < 1.29 is 0 Å². The molecule has 0 spiro atoms. The van der Waals surface area contributed by atoms with Crippen LogP contribution in [0.1, 0.15) is 37.6 Å². The van der Waals surface area contributed by atoms with Crippen molar-refractivity contribution >= 4 is 5.82 Å². The van der Waals surface area contributed by atoms with Gasteiger partial charge in [0.1, 0.15) is 5.82 Å². The largest absolute Gasteiger partial charge is 0.366 e. The molecule has 1 N–H and O–H groups in total. The standard InChI is InChI=1S/C12H19N3/c1-8-4-5-11(6-8)15-12-7-13-9(2)10(3)14-12/h7-8,11H,4-6H2,1-3H3,(H,14,15). The van der Waals surface area contributed by atoms with Crippen LogP contribution in [-0.2, 0) is 0 Å². The first kappa shape index (κ1) is 10.4. The van der Waals surface area contributed by atoms with Crippen LogP contribution in [0, 0.1) is 19.8 Å². The Morgan fingerprint density at radius 2 is 2.07 bits per heavy atom. The molecule has 0 aromatic carbocycles. The number of rotatable bonds is 2. The van der Waals surface area contributed by atoms with Gasteiger partial charge in [-0.2, -0.15) is 0 Å². The van der Waals surface area contributed by atoms with E-state index in [0.717, 1.165) is 23.1 Å². The van der Waals surface area contributed by atoms with E-state index in [1.54, 1.807) is 0 Å². The van der Waals surface area contributed by atoms with Crippen molar-refractivity contribution in [2.45, 2.75) is 46.1 Å². The molecule has 2 unspecified atom stereocenters. The van der Waals surface area contributed by atoms with Gasteiger partial charge in [0.05, 0.1) is 17.6 Å². The lowest BCUT2D eigenvalue weighted by atomic mass is 10.1. The lowest BCUT2D eigenvalue weighted by Crippen LogP contribution is -2.16. The third-order valence-electron chi connectivity index (χ3n) is 3.24. The summed E-state index contributed by atoms with van der Waals surface area (Å²) in [5.41, 5.74) is 2.03. The molecule has 0 amide bonds. The van der Waals surface area contributed by atoms with E-state index in [1.165, 1.54) is 19.3 Å². The first-order chi connectivity index (χ1) is 7.15. The molecule has 1 aromatic rings. The highest BCUT2D eigenvalue weighted by Gasteiger charge is 2.21. The summed E-state index contributed by atoms with van der Waals surface area (Å²) in [7, 11) is 0. The molecule has 0 saturated heterocycles. The number of hydrogen-bond donors (Lipinski definition) is 1. The van der Waals surface area contributed by atoms with Gasteiger partial charge in [-0.3, -0.25) is 4.98 Å². The van der Waals surface area contributed by atoms with Crippen molar-refractivity contribution in [3.8, 4) is 0 Å². The van der Waals surface area contributed by atoms with Crippen LogP contribution in [0.4, 0.5) is 5.82 Å². The maximum atomic E-state index is 4.49. The predicted octanol–water partition coefficient (Wildman–Crippen LogP) is 2.69. The van der Waals surface area contributed by atoms with Crippen LogP contribution in [0.3, 0.4) is 0 Å². The van der Waals surface area contributed by atoms with Crippen molar-refractivity contribution in [2.24, 2.45) is 5.92 Å². The van der Waals surface area contributed by atoms with Crippen LogP contribution < -0.4 is 5.32 Å². The Balaban J connectivity index is 2.02. The number of hydrogen-bond acceptors (Lipinski definition) is 3. The van der Waals surface area contributed by atoms with Gasteiger partial charge >= 0.3 is 0 Å². The quantitative estimate of drug-likeness (QED) is 0.806. The number of anilines is 1. The molecule has 82 valence electrons. The highest BCUT2D eigenvalue weighted by molar-refractivity contribution is 5.34. The van der Waals surface area contributed by atoms with E-state index in [2.05, 4.69) is 22.2 Å². The Kier molecular flexibility index (Phi) is 2.89. The second kappa shape index (κ2) is 4.17. The molecule has 3 heteroatoms. The maximum Gasteiger partial charge on any atom is 0.145 e. The molecule has 3 nitrogen and oxygen atoms in total. The summed E-state index contributed by atoms with van der Waals surface area (Å²) in [5, 5.41) is 3.47. The Morgan fingerprint density at radius 1 is 1.27 bits per heavy atom. The van der Waals surface area contributed by atoms with Crippen molar-refractivity contribution in [1.29, 1.82) is 0 Å². The Bertz CT molecular complexity index is 349. The van der Waals surface area contributed by atoms with Crippen LogP contribution in [0.15, 0.2) is 6.20 Å². The summed E-state index contributed by atoms with van der Waals surface area (Å²) in [6.45, 7) is 6.31. The zero-order valence-electron chi connectivity index (χ0n) is 9.75. The molecule has 0 bridgehead atoms. The lowest BCUT2D eigenvalue weighted by molar-refractivity contribution is 0.602. The van der Waals surface area contributed by atoms with Crippen molar-refractivity contribution in [3.05, 3.63) is 17.6 Å². The molecule has 1 heterocycles. The summed E-state index contributed by atoms with van der Waals surface area (Å²) in [6.07, 6.45) is 5.69. The van der Waals surface area contributed by atoms with Gasteiger partial charge in [-0.15, -0.1) is 0 Å². The summed E-state index contributed by atoms with van der Waals surface area (Å²) in [6, 6.07) is 0.594. The molecule has 1 aromatic heterocycles. The minimum absolute atomic E-state index is 0.594. The van der Waals surface area contributed by atoms with E-state index in [4.69, 9.17) is 0 Å². The van der Waals surface area contributed by atoms with Crippen LogP contribution in [-0.4, -0.2) is 16.0 Å². The first-order valence-corrected chi connectivity index (χ1v) is 5.72. The van der Waals surface area contributed by atoms with E-state index in [9.17, 15) is 0 Å². The summed E-state index contributed by atoms with van der Waals surface area (Å²) in [4.78, 5) is 8.80. The van der Waals surface area contributed by atoms with E-state index >= 15 is 0 Å². The molecule has 0 aliphatic heterocycles. The normalized spacial score (nSPS) is 25.5. The van der Waals surface area contributed by atoms with Gasteiger partial charge in [-0.05, 0) is 39.0 Å². The van der Waals surface area contributed by atoms with E-state index in [-0.39, 0.29) is 0 Å². The smallest absolute Gasteiger partial charge is 0.145 e. The molecule has 1 fully saturated rings. The van der Waals surface area contributed by atoms with Crippen molar-refractivity contribution in [3.63, 3.8) is 0 Å². The highest BCUT2D eigenvalue weighted by Crippen LogP contribution is 2.26. The highest BCUT2D eigenvalue weighted by atomic mass is 15.0. The average Bonchev–Trinajstić information content (AvgIpc) is 2.58. The molecule has 2 rings (SSSR count). The lowest BCUT2D eigenvalue weighted by Gasteiger charge is -2.13. The SMILES string of the molecule is Cc1ncc(NC2CCC(C)C2)nc1C. The molecule has 1 aliphatic carbocycles. The maximum absolute atomic E-state index is 4.49. The average molecular weight is 205 g/mol. The van der Waals surface area contributed by atoms with Gasteiger partial charge in [0.2, 0.25) is 0 Å². The number of aryl methyl sites for hydroxylation is 2. The fraction of sp³-hybridized carbons (Fsp3) is 0.667. The minimum Gasteiger partial charge on any atom is -0.366 e. The van der Waals surface area contributed by atoms with Crippen LogP contribution in [0.25, 0.3) is 0 Å². The van der Waals surface area contributed by atoms with Gasteiger partial charge in [0, 0.05) is 6.04 Å². The number of nitrogens with one attached hydrogen (secondary N) is 1. The fourth-order valence-electron chi connectivity index (χ4n) is 2.16. The van der Waals surface area contributed by atoms with Crippen molar-refractivity contribution in [1.82, 2.24) is 9.97 Å². The molecule has 15 heavy (non-hydrogen) atoms. The van der Waals surface area contributed by atoms with Crippen LogP contribution in [0.2, 0.25) is 0 Å². The molecule has 1 saturated carbocycles. The Hall–Kier alpha value is -1.12. The number of aromatic nitrogens is 2. The summed E-state index contributed by atoms with van der Waals surface area (Å²) < 4.78 is 0. The Morgan fingerprint density at radius 3 is 2.67 bits per heavy atom. The van der Waals surface area contributed by atoms with Gasteiger partial charge in [-0.25, -0.2) is 4.98 Å². The number of nitrogens with zero attached hydrogens (tertiary/aromatic N) is 2. The van der Waals surface area contributed by atoms with E-state index in [1.807, 2.05) is 20.0 Å². The second-order valence-corrected chi connectivity index (χ2v) is 4.69. The molecule has 2 atom stereocenters.